The molecule has 0 aliphatic heterocycles. The van der Waals surface area contributed by atoms with E-state index in [2.05, 4.69) is 56.1 Å². The van der Waals surface area contributed by atoms with Crippen LogP contribution < -0.4 is 5.32 Å². The molecular weight excluding hydrogens is 393 g/mol. The van der Waals surface area contributed by atoms with E-state index in [9.17, 15) is 0 Å². The summed E-state index contributed by atoms with van der Waals surface area (Å²) in [5.74, 6) is 0. The van der Waals surface area contributed by atoms with Crippen molar-refractivity contribution in [2.24, 2.45) is 0 Å². The van der Waals surface area contributed by atoms with E-state index in [0.29, 0.717) is 6.04 Å². The van der Waals surface area contributed by atoms with Crippen LogP contribution in [0.5, 0.6) is 0 Å². The van der Waals surface area contributed by atoms with E-state index < -0.39 is 0 Å². The van der Waals surface area contributed by atoms with Gasteiger partial charge in [0.1, 0.15) is 0 Å². The summed E-state index contributed by atoms with van der Waals surface area (Å²) in [6, 6.07) is 8.98. The number of benzene rings is 1. The van der Waals surface area contributed by atoms with Crippen LogP contribution in [-0.2, 0) is 6.42 Å². The number of aromatic nitrogens is 2. The van der Waals surface area contributed by atoms with Crippen molar-refractivity contribution >= 4 is 50.6 Å². The van der Waals surface area contributed by atoms with Gasteiger partial charge in [0.15, 0.2) is 0 Å². The third-order valence-electron chi connectivity index (χ3n) is 3.89. The van der Waals surface area contributed by atoms with Crippen molar-refractivity contribution < 1.29 is 0 Å². The van der Waals surface area contributed by atoms with E-state index in [-0.39, 0.29) is 0 Å². The van der Waals surface area contributed by atoms with Crippen LogP contribution >= 0.6 is 33.9 Å². The highest BCUT2D eigenvalue weighted by atomic mass is 127. The Bertz CT molecular complexity index is 799. The third kappa shape index (κ3) is 2.64. The Morgan fingerprint density at radius 2 is 2.00 bits per heavy atom. The SMILES string of the molecule is Ic1cc2c(s1)CCCC2Nc1ccc2nccnc2c1. The molecule has 1 N–H and O–H groups in total. The largest absolute Gasteiger partial charge is 0.378 e. The number of rotatable bonds is 2. The zero-order valence-corrected chi connectivity index (χ0v) is 14.3. The Morgan fingerprint density at radius 1 is 1.14 bits per heavy atom. The summed E-state index contributed by atoms with van der Waals surface area (Å²) in [7, 11) is 0. The lowest BCUT2D eigenvalue weighted by Crippen LogP contribution is -2.15. The Hall–Kier alpha value is -1.21. The predicted molar refractivity (Wildman–Crippen MR) is 95.9 cm³/mol. The minimum atomic E-state index is 0.419. The number of nitrogens with one attached hydrogen (secondary N) is 1. The van der Waals surface area contributed by atoms with Crippen molar-refractivity contribution in [3.63, 3.8) is 0 Å². The number of anilines is 1. The van der Waals surface area contributed by atoms with Crippen LogP contribution in [0, 0.1) is 2.88 Å². The smallest absolute Gasteiger partial charge is 0.0907 e. The summed E-state index contributed by atoms with van der Waals surface area (Å²) in [5.41, 5.74) is 4.49. The lowest BCUT2D eigenvalue weighted by atomic mass is 9.94. The van der Waals surface area contributed by atoms with Gasteiger partial charge in [0.05, 0.1) is 20.0 Å². The molecule has 3 nitrogen and oxygen atoms in total. The van der Waals surface area contributed by atoms with Gasteiger partial charge in [0, 0.05) is 23.0 Å². The van der Waals surface area contributed by atoms with E-state index in [0.717, 1.165) is 16.7 Å². The number of aryl methyl sites for hydroxylation is 1. The van der Waals surface area contributed by atoms with Crippen LogP contribution in [0.4, 0.5) is 5.69 Å². The van der Waals surface area contributed by atoms with E-state index in [1.807, 2.05) is 17.4 Å². The Morgan fingerprint density at radius 3 is 2.90 bits per heavy atom. The predicted octanol–water partition coefficient (Wildman–Crippen LogP) is 4.79. The minimum Gasteiger partial charge on any atom is -0.378 e. The fourth-order valence-corrected chi connectivity index (χ4v) is 5.05. The molecule has 0 amide bonds. The zero-order valence-electron chi connectivity index (χ0n) is 11.3. The lowest BCUT2D eigenvalue weighted by molar-refractivity contribution is 0.609. The monoisotopic (exact) mass is 407 g/mol. The van der Waals surface area contributed by atoms with Crippen LogP contribution in [0.25, 0.3) is 11.0 Å². The Balaban J connectivity index is 1.66. The first-order valence-electron chi connectivity index (χ1n) is 7.05. The van der Waals surface area contributed by atoms with Crippen LogP contribution in [0.2, 0.25) is 0 Å². The molecule has 2 heterocycles. The molecule has 2 aromatic heterocycles. The molecule has 0 radical (unpaired) electrons. The number of fused-ring (bicyclic) bond motifs is 2. The van der Waals surface area contributed by atoms with Crippen molar-refractivity contribution in [1.82, 2.24) is 9.97 Å². The summed E-state index contributed by atoms with van der Waals surface area (Å²) in [6.45, 7) is 0. The molecule has 1 aliphatic rings. The number of halogens is 1. The first kappa shape index (κ1) is 13.5. The number of thiophene rings is 1. The van der Waals surface area contributed by atoms with Crippen molar-refractivity contribution in [2.45, 2.75) is 25.3 Å². The van der Waals surface area contributed by atoms with Gasteiger partial charge in [-0.3, -0.25) is 9.97 Å². The highest BCUT2D eigenvalue weighted by Crippen LogP contribution is 2.38. The molecule has 106 valence electrons. The molecule has 3 aromatic rings. The van der Waals surface area contributed by atoms with Crippen LogP contribution in [0.1, 0.15) is 29.3 Å². The molecule has 0 bridgehead atoms. The van der Waals surface area contributed by atoms with E-state index in [1.54, 1.807) is 17.3 Å². The van der Waals surface area contributed by atoms with Gasteiger partial charge in [-0.1, -0.05) is 0 Å². The van der Waals surface area contributed by atoms with Gasteiger partial charge in [0.25, 0.3) is 0 Å². The first-order valence-corrected chi connectivity index (χ1v) is 8.94. The van der Waals surface area contributed by atoms with Gasteiger partial charge in [-0.15, -0.1) is 11.3 Å². The summed E-state index contributed by atoms with van der Waals surface area (Å²) in [6.07, 6.45) is 7.15. The summed E-state index contributed by atoms with van der Waals surface area (Å²) < 4.78 is 1.38. The van der Waals surface area contributed by atoms with Crippen LogP contribution in [-0.4, -0.2) is 9.97 Å². The standard InChI is InChI=1S/C16H14IN3S/c17-16-9-11-12(2-1-3-15(11)21-16)20-10-4-5-13-14(8-10)19-7-6-18-13/h4-9,12,20H,1-3H2. The summed E-state index contributed by atoms with van der Waals surface area (Å²) >= 11 is 4.36. The highest BCUT2D eigenvalue weighted by molar-refractivity contribution is 14.1. The summed E-state index contributed by atoms with van der Waals surface area (Å²) in [4.78, 5) is 10.2. The second kappa shape index (κ2) is 5.53. The summed E-state index contributed by atoms with van der Waals surface area (Å²) in [5, 5.41) is 3.68. The third-order valence-corrected chi connectivity index (χ3v) is 5.87. The quantitative estimate of drug-likeness (QED) is 0.621. The fourth-order valence-electron chi connectivity index (χ4n) is 2.93. The molecule has 21 heavy (non-hydrogen) atoms. The molecule has 1 aromatic carbocycles. The number of nitrogens with zero attached hydrogens (tertiary/aromatic N) is 2. The maximum Gasteiger partial charge on any atom is 0.0907 e. The Labute approximate surface area is 141 Å². The van der Waals surface area contributed by atoms with Crippen molar-refractivity contribution in [3.05, 3.63) is 50.0 Å². The van der Waals surface area contributed by atoms with Gasteiger partial charge in [-0.2, -0.15) is 0 Å². The molecule has 0 spiro atoms. The zero-order chi connectivity index (χ0) is 14.2. The molecule has 1 unspecified atom stereocenters. The lowest BCUT2D eigenvalue weighted by Gasteiger charge is -2.24. The maximum absolute atomic E-state index is 4.38. The maximum atomic E-state index is 4.38. The fraction of sp³-hybridized carbons (Fsp3) is 0.250. The van der Waals surface area contributed by atoms with Crippen molar-refractivity contribution in [3.8, 4) is 0 Å². The molecular formula is C16H14IN3S. The normalized spacial score (nSPS) is 17.7. The average Bonchev–Trinajstić information content (AvgIpc) is 2.89. The minimum absolute atomic E-state index is 0.419. The topological polar surface area (TPSA) is 37.8 Å². The molecule has 5 heteroatoms. The van der Waals surface area contributed by atoms with Crippen molar-refractivity contribution in [1.29, 1.82) is 0 Å². The highest BCUT2D eigenvalue weighted by Gasteiger charge is 2.22. The molecule has 4 rings (SSSR count). The van der Waals surface area contributed by atoms with Gasteiger partial charge in [-0.25, -0.2) is 0 Å². The molecule has 1 aliphatic carbocycles. The van der Waals surface area contributed by atoms with Gasteiger partial charge < -0.3 is 5.32 Å². The van der Waals surface area contributed by atoms with E-state index in [4.69, 9.17) is 0 Å². The van der Waals surface area contributed by atoms with E-state index >= 15 is 0 Å². The number of hydrogen-bond acceptors (Lipinski definition) is 4. The molecule has 0 saturated carbocycles. The second-order valence-electron chi connectivity index (χ2n) is 5.28. The average molecular weight is 407 g/mol. The molecule has 1 atom stereocenters. The number of hydrogen-bond donors (Lipinski definition) is 1. The van der Waals surface area contributed by atoms with Gasteiger partial charge in [0.2, 0.25) is 0 Å². The molecule has 0 saturated heterocycles. The van der Waals surface area contributed by atoms with Crippen LogP contribution in [0.3, 0.4) is 0 Å². The van der Waals surface area contributed by atoms with E-state index in [1.165, 1.54) is 27.7 Å². The van der Waals surface area contributed by atoms with Crippen molar-refractivity contribution in [2.75, 3.05) is 5.32 Å². The second-order valence-corrected chi connectivity index (χ2v) is 8.31. The Kier molecular flexibility index (Phi) is 3.54. The van der Waals surface area contributed by atoms with Gasteiger partial charge in [-0.05, 0) is 71.7 Å². The van der Waals surface area contributed by atoms with Gasteiger partial charge >= 0.3 is 0 Å². The van der Waals surface area contributed by atoms with Crippen LogP contribution in [0.15, 0.2) is 36.7 Å². The first-order chi connectivity index (χ1) is 10.3. The molecule has 0 fully saturated rings.